The maximum Gasteiger partial charge on any atom is 0.220 e. The summed E-state index contributed by atoms with van der Waals surface area (Å²) in [4.78, 5) is 17.0. The second-order valence-electron chi connectivity index (χ2n) is 4.23. The lowest BCUT2D eigenvalue weighted by Crippen LogP contribution is -2.23. The highest BCUT2D eigenvalue weighted by Gasteiger charge is 2.08. The Morgan fingerprint density at radius 3 is 2.84 bits per heavy atom. The number of carbonyl (C=O) groups is 1. The maximum atomic E-state index is 11.7. The van der Waals surface area contributed by atoms with Crippen molar-refractivity contribution >= 4 is 28.8 Å². The van der Waals surface area contributed by atoms with E-state index in [0.29, 0.717) is 25.3 Å². The van der Waals surface area contributed by atoms with E-state index in [1.165, 1.54) is 11.3 Å². The van der Waals surface area contributed by atoms with Gasteiger partial charge in [-0.3, -0.25) is 4.79 Å². The molecule has 4 nitrogen and oxygen atoms in total. The highest BCUT2D eigenvalue weighted by Crippen LogP contribution is 2.22. The van der Waals surface area contributed by atoms with Gasteiger partial charge in [-0.1, -0.05) is 11.6 Å². The van der Waals surface area contributed by atoms with E-state index < -0.39 is 0 Å². The Labute approximate surface area is 120 Å². The van der Waals surface area contributed by atoms with Crippen molar-refractivity contribution in [2.24, 2.45) is 0 Å². The van der Waals surface area contributed by atoms with E-state index >= 15 is 0 Å². The number of amides is 1. The molecule has 102 valence electrons. The van der Waals surface area contributed by atoms with Gasteiger partial charge < -0.3 is 9.73 Å². The summed E-state index contributed by atoms with van der Waals surface area (Å²) in [6.45, 7) is 4.07. The topological polar surface area (TPSA) is 55.1 Å². The molecule has 0 atom stereocenters. The number of rotatable bonds is 5. The summed E-state index contributed by atoms with van der Waals surface area (Å²) in [6.07, 6.45) is 1.14. The molecular weight excluding hydrogens is 284 g/mol. The summed E-state index contributed by atoms with van der Waals surface area (Å²) < 4.78 is 6.14. The van der Waals surface area contributed by atoms with E-state index in [0.717, 1.165) is 20.7 Å². The zero-order valence-corrected chi connectivity index (χ0v) is 12.4. The van der Waals surface area contributed by atoms with Crippen molar-refractivity contribution in [3.8, 4) is 0 Å². The third kappa shape index (κ3) is 4.08. The van der Waals surface area contributed by atoms with Crippen molar-refractivity contribution in [3.63, 3.8) is 0 Å². The summed E-state index contributed by atoms with van der Waals surface area (Å²) >= 11 is 7.34. The first-order chi connectivity index (χ1) is 9.04. The van der Waals surface area contributed by atoms with Crippen LogP contribution in [0.1, 0.15) is 28.6 Å². The fraction of sp³-hybridized carbons (Fsp3) is 0.385. The zero-order chi connectivity index (χ0) is 13.8. The van der Waals surface area contributed by atoms with Crippen LogP contribution < -0.4 is 5.32 Å². The largest absolute Gasteiger partial charge is 0.444 e. The summed E-state index contributed by atoms with van der Waals surface area (Å²) in [7, 11) is 0. The van der Waals surface area contributed by atoms with Crippen LogP contribution in [0.3, 0.4) is 0 Å². The maximum absolute atomic E-state index is 11.7. The van der Waals surface area contributed by atoms with E-state index in [1.807, 2.05) is 26.0 Å². The van der Waals surface area contributed by atoms with Gasteiger partial charge in [0.05, 0.1) is 16.6 Å². The van der Waals surface area contributed by atoms with E-state index in [-0.39, 0.29) is 5.91 Å². The molecule has 0 unspecified atom stereocenters. The molecule has 1 N–H and O–H groups in total. The molecular formula is C13H15ClN2O2S. The molecule has 0 radical (unpaired) electrons. The van der Waals surface area contributed by atoms with Gasteiger partial charge in [-0.2, -0.15) is 0 Å². The van der Waals surface area contributed by atoms with Crippen LogP contribution in [0.4, 0.5) is 0 Å². The molecule has 0 bridgehead atoms. The van der Waals surface area contributed by atoms with Crippen LogP contribution >= 0.6 is 22.9 Å². The van der Waals surface area contributed by atoms with Gasteiger partial charge in [-0.15, -0.1) is 11.3 Å². The number of oxazole rings is 1. The van der Waals surface area contributed by atoms with Gasteiger partial charge in [-0.05, 0) is 32.4 Å². The van der Waals surface area contributed by atoms with E-state index in [4.69, 9.17) is 16.0 Å². The summed E-state index contributed by atoms with van der Waals surface area (Å²) in [5.74, 6) is 1.32. The molecule has 0 saturated carbocycles. The Morgan fingerprint density at radius 2 is 2.26 bits per heavy atom. The number of aryl methyl sites for hydroxylation is 3. The predicted octanol–water partition coefficient (Wildman–Crippen LogP) is 3.26. The lowest BCUT2D eigenvalue weighted by Gasteiger charge is -2.01. The van der Waals surface area contributed by atoms with Gasteiger partial charge in [0.25, 0.3) is 0 Å². The molecule has 2 heterocycles. The number of hydrogen-bond acceptors (Lipinski definition) is 4. The summed E-state index contributed by atoms with van der Waals surface area (Å²) in [5, 5.41) is 2.79. The molecule has 0 fully saturated rings. The van der Waals surface area contributed by atoms with Crippen LogP contribution in [0.2, 0.25) is 4.34 Å². The fourth-order valence-corrected chi connectivity index (χ4v) is 2.69. The molecule has 0 spiro atoms. The molecule has 0 aliphatic heterocycles. The van der Waals surface area contributed by atoms with Crippen LogP contribution in [0.15, 0.2) is 16.5 Å². The van der Waals surface area contributed by atoms with E-state index in [9.17, 15) is 4.79 Å². The third-order valence-corrected chi connectivity index (χ3v) is 4.03. The lowest BCUT2D eigenvalue weighted by atomic mass is 10.2. The fourth-order valence-electron chi connectivity index (χ4n) is 1.60. The lowest BCUT2D eigenvalue weighted by molar-refractivity contribution is -0.121. The van der Waals surface area contributed by atoms with E-state index in [1.54, 1.807) is 0 Å². The minimum absolute atomic E-state index is 0.0157. The first-order valence-electron chi connectivity index (χ1n) is 5.98. The normalized spacial score (nSPS) is 10.7. The Morgan fingerprint density at radius 1 is 1.47 bits per heavy atom. The second-order valence-corrected chi connectivity index (χ2v) is 6.03. The number of aromatic nitrogens is 1. The molecule has 19 heavy (non-hydrogen) atoms. The number of halogens is 1. The number of carbonyl (C=O) groups excluding carboxylic acids is 1. The minimum Gasteiger partial charge on any atom is -0.444 e. The first-order valence-corrected chi connectivity index (χ1v) is 7.18. The molecule has 1 amide bonds. The van der Waals surface area contributed by atoms with Crippen LogP contribution in [-0.4, -0.2) is 10.9 Å². The number of nitrogens with zero attached hydrogens (tertiary/aromatic N) is 1. The van der Waals surface area contributed by atoms with Gasteiger partial charge in [0.2, 0.25) is 11.8 Å². The van der Waals surface area contributed by atoms with Crippen molar-refractivity contribution in [2.45, 2.75) is 33.2 Å². The standard InChI is InChI=1S/C13H15ClN2O2S/c1-8-9(2)18-13(16-8)7-15-12(17)6-4-10-3-5-11(14)19-10/h3,5H,4,6-7H2,1-2H3,(H,15,17). The Bertz CT molecular complexity index is 557. The molecule has 6 heteroatoms. The van der Waals surface area contributed by atoms with Gasteiger partial charge in [-0.25, -0.2) is 4.98 Å². The molecule has 0 aliphatic carbocycles. The third-order valence-electron chi connectivity index (χ3n) is 2.74. The molecule has 2 aromatic heterocycles. The molecule has 0 aromatic carbocycles. The number of hydrogen-bond donors (Lipinski definition) is 1. The molecule has 2 aromatic rings. The molecule has 0 saturated heterocycles. The Hall–Kier alpha value is -1.33. The molecule has 2 rings (SSSR count). The van der Waals surface area contributed by atoms with Crippen LogP contribution in [0, 0.1) is 13.8 Å². The smallest absolute Gasteiger partial charge is 0.220 e. The molecule has 0 aliphatic rings. The van der Waals surface area contributed by atoms with Gasteiger partial charge in [0.1, 0.15) is 5.76 Å². The predicted molar refractivity (Wildman–Crippen MR) is 75.5 cm³/mol. The average molecular weight is 299 g/mol. The number of nitrogens with one attached hydrogen (secondary N) is 1. The van der Waals surface area contributed by atoms with Crippen molar-refractivity contribution < 1.29 is 9.21 Å². The monoisotopic (exact) mass is 298 g/mol. The van der Waals surface area contributed by atoms with Crippen molar-refractivity contribution in [1.82, 2.24) is 10.3 Å². The average Bonchev–Trinajstić information content (AvgIpc) is 2.91. The van der Waals surface area contributed by atoms with Crippen LogP contribution in [-0.2, 0) is 17.8 Å². The SMILES string of the molecule is Cc1nc(CNC(=O)CCc2ccc(Cl)s2)oc1C. The van der Waals surface area contributed by atoms with Crippen molar-refractivity contribution in [1.29, 1.82) is 0 Å². The Balaban J connectivity index is 1.75. The van der Waals surface area contributed by atoms with Gasteiger partial charge in [0, 0.05) is 11.3 Å². The van der Waals surface area contributed by atoms with Crippen LogP contribution in [0.5, 0.6) is 0 Å². The zero-order valence-electron chi connectivity index (χ0n) is 10.8. The van der Waals surface area contributed by atoms with E-state index in [2.05, 4.69) is 10.3 Å². The quantitative estimate of drug-likeness (QED) is 0.922. The van der Waals surface area contributed by atoms with Crippen LogP contribution in [0.25, 0.3) is 0 Å². The summed E-state index contributed by atoms with van der Waals surface area (Å²) in [6, 6.07) is 3.79. The van der Waals surface area contributed by atoms with Gasteiger partial charge in [0.15, 0.2) is 0 Å². The second kappa shape index (κ2) is 6.21. The summed E-state index contributed by atoms with van der Waals surface area (Å²) in [5.41, 5.74) is 0.859. The van der Waals surface area contributed by atoms with Crippen molar-refractivity contribution in [2.75, 3.05) is 0 Å². The Kier molecular flexibility index (Phi) is 4.61. The minimum atomic E-state index is -0.0157. The highest BCUT2D eigenvalue weighted by atomic mass is 35.5. The highest BCUT2D eigenvalue weighted by molar-refractivity contribution is 7.16. The first kappa shape index (κ1) is 14.1. The van der Waals surface area contributed by atoms with Gasteiger partial charge >= 0.3 is 0 Å². The number of thiophene rings is 1. The van der Waals surface area contributed by atoms with Crippen molar-refractivity contribution in [3.05, 3.63) is 38.7 Å².